The van der Waals surface area contributed by atoms with E-state index in [-0.39, 0.29) is 11.0 Å². The summed E-state index contributed by atoms with van der Waals surface area (Å²) >= 11 is 0. The number of aliphatic hydroxyl groups is 1. The lowest BCUT2D eigenvalue weighted by molar-refractivity contribution is -0.0959. The van der Waals surface area contributed by atoms with Gasteiger partial charge in [0.1, 0.15) is 0 Å². The summed E-state index contributed by atoms with van der Waals surface area (Å²) in [6.07, 6.45) is 13.9. The van der Waals surface area contributed by atoms with Gasteiger partial charge in [-0.15, -0.1) is 9.24 Å². The van der Waals surface area contributed by atoms with E-state index in [4.69, 9.17) is 0 Å². The van der Waals surface area contributed by atoms with Crippen molar-refractivity contribution >= 4 is 9.24 Å². The van der Waals surface area contributed by atoms with E-state index in [0.29, 0.717) is 5.41 Å². The summed E-state index contributed by atoms with van der Waals surface area (Å²) in [6, 6.07) is 0. The fraction of sp³-hybridized carbons (Fsp3) is 1.00. The summed E-state index contributed by atoms with van der Waals surface area (Å²) in [5.41, 5.74) is 0.115. The Morgan fingerprint density at radius 3 is 2.10 bits per heavy atom. The Bertz CT molecular complexity index is 327. The van der Waals surface area contributed by atoms with Crippen LogP contribution in [0, 0.1) is 16.7 Å². The lowest BCUT2D eigenvalue weighted by Crippen LogP contribution is -2.47. The van der Waals surface area contributed by atoms with Crippen LogP contribution in [0.2, 0.25) is 0 Å². The van der Waals surface area contributed by atoms with Gasteiger partial charge in [0.05, 0.1) is 5.60 Å². The number of unbranched alkanes of at least 4 members (excludes halogenated alkanes) is 5. The first-order valence-corrected chi connectivity index (χ1v) is 9.61. The summed E-state index contributed by atoms with van der Waals surface area (Å²) in [4.78, 5) is 0. The van der Waals surface area contributed by atoms with E-state index < -0.39 is 0 Å². The molecule has 4 atom stereocenters. The van der Waals surface area contributed by atoms with Crippen molar-refractivity contribution in [1.82, 2.24) is 0 Å². The molecule has 0 spiro atoms. The molecule has 1 nitrogen and oxygen atoms in total. The van der Waals surface area contributed by atoms with Gasteiger partial charge in [0.2, 0.25) is 0 Å². The SMILES string of the molecule is CC1(C)C2CCC1(C)C(O)(CCCCCCCCP)C2. The van der Waals surface area contributed by atoms with E-state index >= 15 is 0 Å². The van der Waals surface area contributed by atoms with Gasteiger partial charge in [-0.2, -0.15) is 0 Å². The Morgan fingerprint density at radius 2 is 1.60 bits per heavy atom. The molecule has 2 rings (SSSR count). The highest BCUT2D eigenvalue weighted by Crippen LogP contribution is 2.70. The van der Waals surface area contributed by atoms with Gasteiger partial charge < -0.3 is 5.11 Å². The van der Waals surface area contributed by atoms with Gasteiger partial charge in [-0.25, -0.2) is 0 Å². The smallest absolute Gasteiger partial charge is 0.0709 e. The van der Waals surface area contributed by atoms with E-state index in [9.17, 15) is 5.11 Å². The van der Waals surface area contributed by atoms with Gasteiger partial charge in [-0.1, -0.05) is 52.9 Å². The third kappa shape index (κ3) is 2.70. The molecule has 2 bridgehead atoms. The van der Waals surface area contributed by atoms with E-state index in [1.54, 1.807) is 0 Å². The van der Waals surface area contributed by atoms with Gasteiger partial charge in [0.15, 0.2) is 0 Å². The molecule has 0 aromatic heterocycles. The zero-order valence-corrected chi connectivity index (χ0v) is 15.0. The highest BCUT2D eigenvalue weighted by molar-refractivity contribution is 7.16. The predicted octanol–water partition coefficient (Wildman–Crippen LogP) is 5.17. The van der Waals surface area contributed by atoms with E-state index in [0.717, 1.165) is 18.8 Å². The van der Waals surface area contributed by atoms with Gasteiger partial charge in [0, 0.05) is 5.41 Å². The van der Waals surface area contributed by atoms with Gasteiger partial charge in [0.25, 0.3) is 0 Å². The van der Waals surface area contributed by atoms with Crippen molar-refractivity contribution in [2.24, 2.45) is 16.7 Å². The Hall–Kier alpha value is 0.390. The molecule has 0 aromatic carbocycles. The van der Waals surface area contributed by atoms with Crippen molar-refractivity contribution < 1.29 is 5.11 Å². The van der Waals surface area contributed by atoms with Crippen molar-refractivity contribution in [1.29, 1.82) is 0 Å². The fourth-order valence-corrected chi connectivity index (χ4v) is 5.35. The number of hydrogen-bond acceptors (Lipinski definition) is 1. The summed E-state index contributed by atoms with van der Waals surface area (Å²) in [7, 11) is 2.81. The fourth-order valence-electron chi connectivity index (χ4n) is 5.07. The molecule has 0 radical (unpaired) electrons. The standard InChI is InChI=1S/C18H35OP/c1-16(2)15-10-12-17(16,3)18(19,14-15)11-8-6-4-5-7-9-13-20/h15,19H,4-14,20H2,1-3H3. The second-order valence-corrected chi connectivity index (χ2v) is 8.76. The molecule has 4 unspecified atom stereocenters. The first kappa shape index (κ1) is 16.8. The lowest BCUT2D eigenvalue weighted by atomic mass is 9.63. The molecule has 0 saturated heterocycles. The van der Waals surface area contributed by atoms with Crippen LogP contribution in [0.25, 0.3) is 0 Å². The minimum atomic E-state index is -0.376. The van der Waals surface area contributed by atoms with Crippen molar-refractivity contribution in [3.8, 4) is 0 Å². The minimum absolute atomic E-state index is 0.157. The highest BCUT2D eigenvalue weighted by Gasteiger charge is 2.67. The Labute approximate surface area is 128 Å². The van der Waals surface area contributed by atoms with Crippen LogP contribution < -0.4 is 0 Å². The van der Waals surface area contributed by atoms with Gasteiger partial charge >= 0.3 is 0 Å². The second-order valence-electron chi connectivity index (χ2n) is 8.19. The van der Waals surface area contributed by atoms with Crippen LogP contribution in [0.4, 0.5) is 0 Å². The maximum atomic E-state index is 11.2. The molecule has 0 aliphatic heterocycles. The summed E-state index contributed by atoms with van der Waals surface area (Å²) in [5.74, 6) is 0.750. The molecule has 0 aromatic rings. The van der Waals surface area contributed by atoms with Gasteiger partial charge in [-0.3, -0.25) is 0 Å². The molecular weight excluding hydrogens is 263 g/mol. The largest absolute Gasteiger partial charge is 0.389 e. The second kappa shape index (κ2) is 6.25. The summed E-state index contributed by atoms with van der Waals surface area (Å²) in [5, 5.41) is 11.2. The molecule has 0 amide bonds. The zero-order valence-electron chi connectivity index (χ0n) is 13.9. The van der Waals surface area contributed by atoms with Crippen LogP contribution >= 0.6 is 9.24 Å². The van der Waals surface area contributed by atoms with Crippen LogP contribution in [-0.2, 0) is 0 Å². The average molecular weight is 298 g/mol. The molecular formula is C18H35OP. The Balaban J connectivity index is 1.76. The summed E-state index contributed by atoms with van der Waals surface area (Å²) < 4.78 is 0. The third-order valence-electron chi connectivity index (χ3n) is 7.09. The predicted molar refractivity (Wildman–Crippen MR) is 91.1 cm³/mol. The van der Waals surface area contributed by atoms with E-state index in [1.165, 1.54) is 57.5 Å². The lowest BCUT2D eigenvalue weighted by Gasteiger charge is -2.45. The average Bonchev–Trinajstić information content (AvgIpc) is 2.70. The van der Waals surface area contributed by atoms with Crippen molar-refractivity contribution in [2.75, 3.05) is 6.16 Å². The van der Waals surface area contributed by atoms with Crippen molar-refractivity contribution in [3.05, 3.63) is 0 Å². The Kier molecular flexibility index (Phi) is 5.24. The normalized spacial score (nSPS) is 38.5. The minimum Gasteiger partial charge on any atom is -0.389 e. The maximum absolute atomic E-state index is 11.2. The maximum Gasteiger partial charge on any atom is 0.0709 e. The van der Waals surface area contributed by atoms with Crippen LogP contribution in [0.3, 0.4) is 0 Å². The van der Waals surface area contributed by atoms with Crippen LogP contribution in [0.15, 0.2) is 0 Å². The van der Waals surface area contributed by atoms with Crippen molar-refractivity contribution in [3.63, 3.8) is 0 Å². The number of fused-ring (bicyclic) bond motifs is 2. The quantitative estimate of drug-likeness (QED) is 0.484. The topological polar surface area (TPSA) is 20.2 Å². The molecule has 2 saturated carbocycles. The molecule has 20 heavy (non-hydrogen) atoms. The molecule has 0 heterocycles. The first-order valence-electron chi connectivity index (χ1n) is 8.80. The molecule has 1 N–H and O–H groups in total. The Morgan fingerprint density at radius 1 is 1.00 bits per heavy atom. The monoisotopic (exact) mass is 298 g/mol. The number of hydrogen-bond donors (Lipinski definition) is 1. The number of rotatable bonds is 8. The van der Waals surface area contributed by atoms with Crippen LogP contribution in [0.5, 0.6) is 0 Å². The molecule has 2 heteroatoms. The van der Waals surface area contributed by atoms with E-state index in [2.05, 4.69) is 30.0 Å². The first-order chi connectivity index (χ1) is 9.37. The van der Waals surface area contributed by atoms with Crippen molar-refractivity contribution in [2.45, 2.75) is 90.6 Å². The van der Waals surface area contributed by atoms with Gasteiger partial charge in [-0.05, 0) is 49.6 Å². The zero-order chi connectivity index (χ0) is 14.9. The highest BCUT2D eigenvalue weighted by atomic mass is 31.0. The third-order valence-corrected chi connectivity index (χ3v) is 7.50. The summed E-state index contributed by atoms with van der Waals surface area (Å²) in [6.45, 7) is 7.15. The molecule has 2 aliphatic rings. The molecule has 118 valence electrons. The van der Waals surface area contributed by atoms with Crippen LogP contribution in [-0.4, -0.2) is 16.9 Å². The molecule has 2 aliphatic carbocycles. The molecule has 2 fully saturated rings. The van der Waals surface area contributed by atoms with Crippen LogP contribution in [0.1, 0.15) is 85.0 Å². The van der Waals surface area contributed by atoms with E-state index in [1.807, 2.05) is 0 Å².